The van der Waals surface area contributed by atoms with Crippen molar-refractivity contribution in [3.8, 4) is 11.5 Å². The van der Waals surface area contributed by atoms with Gasteiger partial charge in [-0.2, -0.15) is 0 Å². The van der Waals surface area contributed by atoms with Crippen LogP contribution in [-0.2, 0) is 4.79 Å². The first-order valence-electron chi connectivity index (χ1n) is 6.27. The third-order valence-electron chi connectivity index (χ3n) is 2.67. The van der Waals surface area contributed by atoms with Crippen LogP contribution in [0.5, 0.6) is 11.5 Å². The van der Waals surface area contributed by atoms with E-state index in [1.54, 1.807) is 31.5 Å². The van der Waals surface area contributed by atoms with Gasteiger partial charge in [-0.25, -0.2) is 4.98 Å². The molecular weight excluding hydrogens is 336 g/mol. The zero-order chi connectivity index (χ0) is 15.2. The quantitative estimate of drug-likeness (QED) is 0.899. The molecule has 0 bridgehead atoms. The average molecular weight is 351 g/mol. The van der Waals surface area contributed by atoms with Gasteiger partial charge in [0.15, 0.2) is 18.1 Å². The number of rotatable bonds is 5. The van der Waals surface area contributed by atoms with Crippen molar-refractivity contribution in [2.24, 2.45) is 0 Å². The number of carbonyl (C=O) groups excluding carboxylic acids is 1. The standard InChI is InChI=1S/C15H15BrN2O3/c1-10-3-5-12(13(7-10)20-2)21-9-15(19)18-14-6-4-11(16)8-17-14/h3-8H,9H2,1-2H3,(H,17,18,19). The van der Waals surface area contributed by atoms with E-state index in [2.05, 4.69) is 26.2 Å². The molecule has 0 aliphatic carbocycles. The van der Waals surface area contributed by atoms with E-state index in [1.165, 1.54) is 0 Å². The molecule has 6 heteroatoms. The molecule has 0 unspecified atom stereocenters. The van der Waals surface area contributed by atoms with Crippen molar-refractivity contribution in [1.29, 1.82) is 0 Å². The Morgan fingerprint density at radius 2 is 2.10 bits per heavy atom. The number of ether oxygens (including phenoxy) is 2. The van der Waals surface area contributed by atoms with E-state index >= 15 is 0 Å². The highest BCUT2D eigenvalue weighted by atomic mass is 79.9. The molecule has 2 aromatic rings. The fourth-order valence-corrected chi connectivity index (χ4v) is 1.90. The normalized spacial score (nSPS) is 10.0. The summed E-state index contributed by atoms with van der Waals surface area (Å²) in [5, 5.41) is 2.65. The first kappa shape index (κ1) is 15.3. The van der Waals surface area contributed by atoms with Crippen LogP contribution in [0.25, 0.3) is 0 Å². The molecule has 0 saturated heterocycles. The summed E-state index contributed by atoms with van der Waals surface area (Å²) in [6.07, 6.45) is 1.61. The van der Waals surface area contributed by atoms with Crippen molar-refractivity contribution in [3.63, 3.8) is 0 Å². The fraction of sp³-hybridized carbons (Fsp3) is 0.200. The van der Waals surface area contributed by atoms with Crippen molar-refractivity contribution in [2.75, 3.05) is 19.0 Å². The summed E-state index contributed by atoms with van der Waals surface area (Å²) in [6.45, 7) is 1.84. The van der Waals surface area contributed by atoms with Gasteiger partial charge in [0.05, 0.1) is 7.11 Å². The Kier molecular flexibility index (Phi) is 5.16. The van der Waals surface area contributed by atoms with Crippen molar-refractivity contribution >= 4 is 27.7 Å². The summed E-state index contributed by atoms with van der Waals surface area (Å²) in [5.74, 6) is 1.32. The predicted molar refractivity (Wildman–Crippen MR) is 83.8 cm³/mol. The number of aromatic nitrogens is 1. The summed E-state index contributed by atoms with van der Waals surface area (Å²) in [6, 6.07) is 9.02. The molecule has 1 aromatic carbocycles. The van der Waals surface area contributed by atoms with Gasteiger partial charge in [0.25, 0.3) is 5.91 Å². The predicted octanol–water partition coefficient (Wildman–Crippen LogP) is 3.18. The number of nitrogens with zero attached hydrogens (tertiary/aromatic N) is 1. The topological polar surface area (TPSA) is 60.5 Å². The summed E-state index contributed by atoms with van der Waals surface area (Å²) < 4.78 is 11.5. The van der Waals surface area contributed by atoms with Gasteiger partial charge >= 0.3 is 0 Å². The molecule has 2 rings (SSSR count). The van der Waals surface area contributed by atoms with Gasteiger partial charge in [-0.05, 0) is 52.7 Å². The number of carbonyl (C=O) groups is 1. The van der Waals surface area contributed by atoms with E-state index in [0.29, 0.717) is 17.3 Å². The van der Waals surface area contributed by atoms with Crippen LogP contribution in [0.1, 0.15) is 5.56 Å². The molecule has 0 radical (unpaired) electrons. The Balaban J connectivity index is 1.93. The Labute approximate surface area is 131 Å². The smallest absolute Gasteiger partial charge is 0.263 e. The minimum absolute atomic E-state index is 0.114. The number of amides is 1. The average Bonchev–Trinajstić information content (AvgIpc) is 2.48. The van der Waals surface area contributed by atoms with Crippen LogP contribution in [-0.4, -0.2) is 24.6 Å². The lowest BCUT2D eigenvalue weighted by Crippen LogP contribution is -2.20. The molecule has 110 valence electrons. The molecule has 5 nitrogen and oxygen atoms in total. The van der Waals surface area contributed by atoms with Gasteiger partial charge in [-0.1, -0.05) is 6.07 Å². The first-order valence-corrected chi connectivity index (χ1v) is 7.06. The van der Waals surface area contributed by atoms with Crippen LogP contribution in [0.2, 0.25) is 0 Å². The number of hydrogen-bond acceptors (Lipinski definition) is 4. The highest BCUT2D eigenvalue weighted by Gasteiger charge is 2.08. The molecular formula is C15H15BrN2O3. The third kappa shape index (κ3) is 4.46. The van der Waals surface area contributed by atoms with E-state index in [0.717, 1.165) is 10.0 Å². The van der Waals surface area contributed by atoms with Crippen LogP contribution in [0.4, 0.5) is 5.82 Å². The molecule has 0 saturated carbocycles. The molecule has 1 amide bonds. The van der Waals surface area contributed by atoms with E-state index in [9.17, 15) is 4.79 Å². The Morgan fingerprint density at radius 3 is 2.76 bits per heavy atom. The number of benzene rings is 1. The Hall–Kier alpha value is -2.08. The molecule has 0 atom stereocenters. The van der Waals surface area contributed by atoms with Gasteiger partial charge < -0.3 is 14.8 Å². The van der Waals surface area contributed by atoms with Crippen LogP contribution in [0, 0.1) is 6.92 Å². The Morgan fingerprint density at radius 1 is 1.29 bits per heavy atom. The molecule has 1 N–H and O–H groups in total. The second-order valence-corrected chi connectivity index (χ2v) is 5.27. The highest BCUT2D eigenvalue weighted by molar-refractivity contribution is 9.10. The van der Waals surface area contributed by atoms with E-state index in [-0.39, 0.29) is 12.5 Å². The van der Waals surface area contributed by atoms with Crippen LogP contribution < -0.4 is 14.8 Å². The lowest BCUT2D eigenvalue weighted by atomic mass is 10.2. The zero-order valence-electron chi connectivity index (χ0n) is 11.7. The van der Waals surface area contributed by atoms with Crippen molar-refractivity contribution in [2.45, 2.75) is 6.92 Å². The summed E-state index contributed by atoms with van der Waals surface area (Å²) in [7, 11) is 1.56. The lowest BCUT2D eigenvalue weighted by molar-refractivity contribution is -0.118. The fourth-order valence-electron chi connectivity index (χ4n) is 1.67. The zero-order valence-corrected chi connectivity index (χ0v) is 13.3. The maximum absolute atomic E-state index is 11.8. The Bertz CT molecular complexity index is 629. The van der Waals surface area contributed by atoms with Gasteiger partial charge in [0.2, 0.25) is 0 Å². The van der Waals surface area contributed by atoms with Crippen molar-refractivity contribution in [1.82, 2.24) is 4.98 Å². The minimum Gasteiger partial charge on any atom is -0.493 e. The van der Waals surface area contributed by atoms with Gasteiger partial charge in [-0.3, -0.25) is 4.79 Å². The molecule has 0 aliphatic heterocycles. The van der Waals surface area contributed by atoms with Crippen LogP contribution >= 0.6 is 15.9 Å². The van der Waals surface area contributed by atoms with E-state index < -0.39 is 0 Å². The molecule has 1 aromatic heterocycles. The molecule has 21 heavy (non-hydrogen) atoms. The van der Waals surface area contributed by atoms with Crippen molar-refractivity contribution in [3.05, 3.63) is 46.6 Å². The monoisotopic (exact) mass is 350 g/mol. The largest absolute Gasteiger partial charge is 0.493 e. The minimum atomic E-state index is -0.285. The number of nitrogens with one attached hydrogen (secondary N) is 1. The molecule has 0 aliphatic rings. The van der Waals surface area contributed by atoms with Crippen LogP contribution in [0.15, 0.2) is 41.0 Å². The van der Waals surface area contributed by atoms with Crippen molar-refractivity contribution < 1.29 is 14.3 Å². The van der Waals surface area contributed by atoms with Gasteiger partial charge in [0.1, 0.15) is 5.82 Å². The number of aryl methyl sites for hydroxylation is 1. The number of anilines is 1. The maximum atomic E-state index is 11.8. The highest BCUT2D eigenvalue weighted by Crippen LogP contribution is 2.27. The van der Waals surface area contributed by atoms with Gasteiger partial charge in [-0.15, -0.1) is 0 Å². The van der Waals surface area contributed by atoms with E-state index in [1.807, 2.05) is 19.1 Å². The first-order chi connectivity index (χ1) is 10.1. The van der Waals surface area contributed by atoms with Crippen LogP contribution in [0.3, 0.4) is 0 Å². The third-order valence-corrected chi connectivity index (χ3v) is 3.14. The van der Waals surface area contributed by atoms with E-state index in [4.69, 9.17) is 9.47 Å². The lowest BCUT2D eigenvalue weighted by Gasteiger charge is -2.11. The number of methoxy groups -OCH3 is 1. The summed E-state index contributed by atoms with van der Waals surface area (Å²) >= 11 is 3.28. The number of pyridine rings is 1. The second-order valence-electron chi connectivity index (χ2n) is 4.35. The maximum Gasteiger partial charge on any atom is 0.263 e. The number of hydrogen-bond donors (Lipinski definition) is 1. The molecule has 0 spiro atoms. The SMILES string of the molecule is COc1cc(C)ccc1OCC(=O)Nc1ccc(Br)cn1. The molecule has 0 fully saturated rings. The number of halogens is 1. The second kappa shape index (κ2) is 7.08. The molecule has 1 heterocycles. The van der Waals surface area contributed by atoms with Gasteiger partial charge in [0, 0.05) is 10.7 Å². The summed E-state index contributed by atoms with van der Waals surface area (Å²) in [4.78, 5) is 15.9. The summed E-state index contributed by atoms with van der Waals surface area (Å²) in [5.41, 5.74) is 1.06.